The Bertz CT molecular complexity index is 665. The van der Waals surface area contributed by atoms with Gasteiger partial charge in [-0.1, -0.05) is 24.3 Å². The van der Waals surface area contributed by atoms with E-state index >= 15 is 0 Å². The Kier molecular flexibility index (Phi) is 4.57. The molecular weight excluding hydrogens is 303 g/mol. The highest BCUT2D eigenvalue weighted by atomic mass is 32.1. The molecule has 1 saturated heterocycles. The minimum absolute atomic E-state index is 0.0503. The van der Waals surface area contributed by atoms with Gasteiger partial charge in [0.1, 0.15) is 17.4 Å². The molecule has 1 fully saturated rings. The van der Waals surface area contributed by atoms with Gasteiger partial charge in [0.15, 0.2) is 0 Å². The number of ether oxygens (including phenoxy) is 1. The Hall–Kier alpha value is -1.69. The van der Waals surface area contributed by atoms with Crippen LogP contribution < -0.4 is 4.74 Å². The SMILES string of the molecule is CCCC(=O)N1CCC(Oc2nc3c(F)cccc3s2)CC1. The minimum atomic E-state index is -0.316. The van der Waals surface area contributed by atoms with Gasteiger partial charge in [-0.25, -0.2) is 4.39 Å². The summed E-state index contributed by atoms with van der Waals surface area (Å²) < 4.78 is 20.3. The zero-order valence-electron chi connectivity index (χ0n) is 12.5. The molecule has 0 atom stereocenters. The molecule has 0 spiro atoms. The third-order valence-corrected chi connectivity index (χ3v) is 4.79. The lowest BCUT2D eigenvalue weighted by Crippen LogP contribution is -2.41. The van der Waals surface area contributed by atoms with Crippen LogP contribution in [0.3, 0.4) is 0 Å². The number of hydrogen-bond donors (Lipinski definition) is 0. The highest BCUT2D eigenvalue weighted by molar-refractivity contribution is 7.20. The molecule has 2 heterocycles. The van der Waals surface area contributed by atoms with Crippen molar-refractivity contribution in [3.8, 4) is 5.19 Å². The molecule has 118 valence electrons. The largest absolute Gasteiger partial charge is 0.467 e. The molecule has 0 bridgehead atoms. The molecule has 22 heavy (non-hydrogen) atoms. The molecule has 3 rings (SSSR count). The van der Waals surface area contributed by atoms with Crippen LogP contribution in [0.2, 0.25) is 0 Å². The third kappa shape index (κ3) is 3.21. The van der Waals surface area contributed by atoms with Crippen molar-refractivity contribution in [3.05, 3.63) is 24.0 Å². The van der Waals surface area contributed by atoms with Crippen LogP contribution in [-0.2, 0) is 4.79 Å². The highest BCUT2D eigenvalue weighted by Gasteiger charge is 2.24. The van der Waals surface area contributed by atoms with Crippen LogP contribution in [0.5, 0.6) is 5.19 Å². The monoisotopic (exact) mass is 322 g/mol. The topological polar surface area (TPSA) is 42.4 Å². The molecule has 0 saturated carbocycles. The number of aromatic nitrogens is 1. The van der Waals surface area contributed by atoms with Crippen molar-refractivity contribution >= 4 is 27.5 Å². The number of amides is 1. The van der Waals surface area contributed by atoms with E-state index in [1.807, 2.05) is 17.9 Å². The van der Waals surface area contributed by atoms with E-state index in [4.69, 9.17) is 4.74 Å². The lowest BCUT2D eigenvalue weighted by atomic mass is 10.1. The number of rotatable bonds is 4. The van der Waals surface area contributed by atoms with Gasteiger partial charge in [-0.3, -0.25) is 4.79 Å². The number of likely N-dealkylation sites (tertiary alicyclic amines) is 1. The lowest BCUT2D eigenvalue weighted by Gasteiger charge is -2.31. The van der Waals surface area contributed by atoms with Crippen molar-refractivity contribution in [1.29, 1.82) is 0 Å². The fraction of sp³-hybridized carbons (Fsp3) is 0.500. The summed E-state index contributed by atoms with van der Waals surface area (Å²) in [7, 11) is 0. The molecule has 1 amide bonds. The number of fused-ring (bicyclic) bond motifs is 1. The van der Waals surface area contributed by atoms with Gasteiger partial charge < -0.3 is 9.64 Å². The Labute approximate surface area is 132 Å². The van der Waals surface area contributed by atoms with E-state index in [0.29, 0.717) is 17.1 Å². The Morgan fingerprint density at radius 1 is 1.45 bits per heavy atom. The van der Waals surface area contributed by atoms with Gasteiger partial charge in [-0.05, 0) is 18.6 Å². The van der Waals surface area contributed by atoms with Crippen LogP contribution >= 0.6 is 11.3 Å². The van der Waals surface area contributed by atoms with Gasteiger partial charge in [0, 0.05) is 32.4 Å². The first-order valence-corrected chi connectivity index (χ1v) is 8.48. The number of hydrogen-bond acceptors (Lipinski definition) is 4. The predicted octanol–water partition coefficient (Wildman–Crippen LogP) is 3.61. The van der Waals surface area contributed by atoms with Gasteiger partial charge >= 0.3 is 0 Å². The molecule has 0 N–H and O–H groups in total. The van der Waals surface area contributed by atoms with Crippen molar-refractivity contribution in [2.45, 2.75) is 38.7 Å². The van der Waals surface area contributed by atoms with E-state index in [2.05, 4.69) is 4.98 Å². The molecule has 0 radical (unpaired) electrons. The van der Waals surface area contributed by atoms with E-state index < -0.39 is 0 Å². The Morgan fingerprint density at radius 3 is 2.91 bits per heavy atom. The van der Waals surface area contributed by atoms with Crippen LogP contribution in [-0.4, -0.2) is 35.0 Å². The van der Waals surface area contributed by atoms with E-state index in [9.17, 15) is 9.18 Å². The second-order valence-electron chi connectivity index (χ2n) is 5.51. The summed E-state index contributed by atoms with van der Waals surface area (Å²) in [6.45, 7) is 3.46. The molecular formula is C16H19FN2O2S. The van der Waals surface area contributed by atoms with Crippen LogP contribution in [0, 0.1) is 5.82 Å². The second-order valence-corrected chi connectivity index (χ2v) is 6.51. The summed E-state index contributed by atoms with van der Waals surface area (Å²) in [6, 6.07) is 4.93. The van der Waals surface area contributed by atoms with Crippen molar-refractivity contribution in [2.24, 2.45) is 0 Å². The molecule has 1 aliphatic rings. The molecule has 6 heteroatoms. The number of piperidine rings is 1. The van der Waals surface area contributed by atoms with Crippen LogP contribution in [0.4, 0.5) is 4.39 Å². The highest BCUT2D eigenvalue weighted by Crippen LogP contribution is 2.31. The van der Waals surface area contributed by atoms with Gasteiger partial charge in [0.25, 0.3) is 5.19 Å². The van der Waals surface area contributed by atoms with E-state index in [0.717, 1.165) is 37.1 Å². The average molecular weight is 322 g/mol. The quantitative estimate of drug-likeness (QED) is 0.863. The number of carbonyl (C=O) groups excluding carboxylic acids is 1. The molecule has 4 nitrogen and oxygen atoms in total. The first-order chi connectivity index (χ1) is 10.7. The molecule has 0 aliphatic carbocycles. The maximum absolute atomic E-state index is 13.6. The summed E-state index contributed by atoms with van der Waals surface area (Å²) in [5.41, 5.74) is 0.373. The standard InChI is InChI=1S/C16H19FN2O2S/c1-2-4-14(20)19-9-7-11(8-10-19)21-16-18-15-12(17)5-3-6-13(15)22-16/h3,5-6,11H,2,4,7-10H2,1H3. The fourth-order valence-electron chi connectivity index (χ4n) is 2.68. The zero-order chi connectivity index (χ0) is 15.5. The van der Waals surface area contributed by atoms with Gasteiger partial charge in [-0.15, -0.1) is 0 Å². The number of halogens is 1. The lowest BCUT2D eigenvalue weighted by molar-refractivity contribution is -0.133. The predicted molar refractivity (Wildman–Crippen MR) is 84.7 cm³/mol. The first kappa shape index (κ1) is 15.2. The van der Waals surface area contributed by atoms with Gasteiger partial charge in [0.05, 0.1) is 4.70 Å². The first-order valence-electron chi connectivity index (χ1n) is 7.67. The van der Waals surface area contributed by atoms with Crippen molar-refractivity contribution in [2.75, 3.05) is 13.1 Å². The van der Waals surface area contributed by atoms with Crippen LogP contribution in [0.15, 0.2) is 18.2 Å². The number of carbonyl (C=O) groups is 1. The Morgan fingerprint density at radius 2 is 2.23 bits per heavy atom. The summed E-state index contributed by atoms with van der Waals surface area (Å²) in [5, 5.41) is 0.512. The van der Waals surface area contributed by atoms with Crippen molar-refractivity contribution < 1.29 is 13.9 Å². The summed E-state index contributed by atoms with van der Waals surface area (Å²) in [5.74, 6) is -0.0911. The zero-order valence-corrected chi connectivity index (χ0v) is 13.4. The van der Waals surface area contributed by atoms with Gasteiger partial charge in [-0.2, -0.15) is 4.98 Å². The molecule has 1 aromatic carbocycles. The van der Waals surface area contributed by atoms with E-state index in [1.54, 1.807) is 6.07 Å². The number of benzene rings is 1. The van der Waals surface area contributed by atoms with Crippen LogP contribution in [0.1, 0.15) is 32.6 Å². The number of para-hydroxylation sites is 1. The summed E-state index contributed by atoms with van der Waals surface area (Å²) in [6.07, 6.45) is 3.14. The summed E-state index contributed by atoms with van der Waals surface area (Å²) >= 11 is 1.37. The maximum atomic E-state index is 13.6. The van der Waals surface area contributed by atoms with Crippen molar-refractivity contribution in [3.63, 3.8) is 0 Å². The average Bonchev–Trinajstić information content (AvgIpc) is 2.92. The van der Waals surface area contributed by atoms with Crippen molar-refractivity contribution in [1.82, 2.24) is 9.88 Å². The molecule has 1 aromatic heterocycles. The Balaban J connectivity index is 1.60. The normalized spacial score (nSPS) is 16.2. The molecule has 2 aromatic rings. The second kappa shape index (κ2) is 6.60. The van der Waals surface area contributed by atoms with Gasteiger partial charge in [0.2, 0.25) is 5.91 Å². The number of nitrogens with zero attached hydrogens (tertiary/aromatic N) is 2. The van der Waals surface area contributed by atoms with E-state index in [-0.39, 0.29) is 17.8 Å². The molecule has 0 unspecified atom stereocenters. The maximum Gasteiger partial charge on any atom is 0.274 e. The van der Waals surface area contributed by atoms with E-state index in [1.165, 1.54) is 17.4 Å². The molecule has 1 aliphatic heterocycles. The summed E-state index contributed by atoms with van der Waals surface area (Å²) in [4.78, 5) is 18.0. The fourth-order valence-corrected chi connectivity index (χ4v) is 3.58. The van der Waals surface area contributed by atoms with Crippen LogP contribution in [0.25, 0.3) is 10.2 Å². The number of thiazole rings is 1. The third-order valence-electron chi connectivity index (χ3n) is 3.88. The smallest absolute Gasteiger partial charge is 0.274 e. The minimum Gasteiger partial charge on any atom is -0.467 e.